The molecule has 1 N–H and O–H groups in total. The van der Waals surface area contributed by atoms with Gasteiger partial charge in [0.15, 0.2) is 0 Å². The molecule has 5 nitrogen and oxygen atoms in total. The number of rotatable bonds is 7. The average molecular weight is 434 g/mol. The van der Waals surface area contributed by atoms with Crippen LogP contribution in [0.1, 0.15) is 12.8 Å². The first-order valence-electron chi connectivity index (χ1n) is 10.2. The number of halogens is 1. The van der Waals surface area contributed by atoms with E-state index in [1.165, 1.54) is 12.1 Å². The number of nitrogens with zero attached hydrogens (tertiary/aromatic N) is 2. The Morgan fingerprint density at radius 1 is 1.14 bits per heavy atom. The molecule has 0 aliphatic carbocycles. The van der Waals surface area contributed by atoms with Gasteiger partial charge in [-0.15, -0.1) is 0 Å². The standard InChI is InChI=1S/C22H28ClN3O2S/c1-25(20-5-3-2-4-6-20)15-18-16-26-12-11-17(18)13-21(26)14-24-29(27,28)22-9-7-19(23)8-10-22/h2-10,17-18,21,24H,11-16H2,1H3. The Bertz CT molecular complexity index is 921. The minimum atomic E-state index is -3.51. The predicted molar refractivity (Wildman–Crippen MR) is 118 cm³/mol. The van der Waals surface area contributed by atoms with Gasteiger partial charge in [0.25, 0.3) is 0 Å². The van der Waals surface area contributed by atoms with E-state index in [2.05, 4.69) is 45.8 Å². The summed E-state index contributed by atoms with van der Waals surface area (Å²) in [5.41, 5.74) is 1.25. The Morgan fingerprint density at radius 3 is 2.52 bits per heavy atom. The molecule has 2 aromatic rings. The monoisotopic (exact) mass is 433 g/mol. The largest absolute Gasteiger partial charge is 0.374 e. The molecule has 3 fully saturated rings. The van der Waals surface area contributed by atoms with Crippen LogP contribution in [0.2, 0.25) is 5.02 Å². The van der Waals surface area contributed by atoms with E-state index in [4.69, 9.17) is 11.6 Å². The smallest absolute Gasteiger partial charge is 0.240 e. The second-order valence-corrected chi connectivity index (χ2v) is 10.4. The lowest BCUT2D eigenvalue weighted by Crippen LogP contribution is -2.58. The van der Waals surface area contributed by atoms with Crippen LogP contribution in [0.4, 0.5) is 5.69 Å². The van der Waals surface area contributed by atoms with Gasteiger partial charge >= 0.3 is 0 Å². The number of fused-ring (bicyclic) bond motifs is 3. The molecule has 3 aliphatic heterocycles. The average Bonchev–Trinajstić information content (AvgIpc) is 2.74. The fourth-order valence-electron chi connectivity index (χ4n) is 4.71. The maximum absolute atomic E-state index is 12.6. The number of benzene rings is 2. The van der Waals surface area contributed by atoms with E-state index in [-0.39, 0.29) is 10.9 Å². The highest BCUT2D eigenvalue weighted by Gasteiger charge is 2.40. The number of para-hydroxylation sites is 1. The summed E-state index contributed by atoms with van der Waals surface area (Å²) in [6.45, 7) is 3.59. The number of hydrogen-bond donors (Lipinski definition) is 1. The Morgan fingerprint density at radius 2 is 1.86 bits per heavy atom. The number of anilines is 1. The van der Waals surface area contributed by atoms with Gasteiger partial charge in [-0.1, -0.05) is 29.8 Å². The summed E-state index contributed by atoms with van der Waals surface area (Å²) in [5.74, 6) is 1.27. The van der Waals surface area contributed by atoms with Crippen LogP contribution in [-0.2, 0) is 10.0 Å². The van der Waals surface area contributed by atoms with Crippen molar-refractivity contribution < 1.29 is 8.42 Å². The third-order valence-corrected chi connectivity index (χ3v) is 8.04. The minimum absolute atomic E-state index is 0.264. The highest BCUT2D eigenvalue weighted by molar-refractivity contribution is 7.89. The highest BCUT2D eigenvalue weighted by atomic mass is 35.5. The van der Waals surface area contributed by atoms with Gasteiger partial charge in [-0.25, -0.2) is 13.1 Å². The zero-order chi connectivity index (χ0) is 20.4. The first kappa shape index (κ1) is 20.7. The summed E-state index contributed by atoms with van der Waals surface area (Å²) in [7, 11) is -1.35. The normalized spacial score (nSPS) is 26.4. The van der Waals surface area contributed by atoms with Crippen molar-refractivity contribution >= 4 is 27.3 Å². The van der Waals surface area contributed by atoms with Gasteiger partial charge in [0.1, 0.15) is 0 Å². The Balaban J connectivity index is 1.34. The van der Waals surface area contributed by atoms with Gasteiger partial charge in [0, 0.05) is 43.4 Å². The number of piperidine rings is 3. The molecule has 3 aliphatic rings. The molecule has 5 rings (SSSR count). The van der Waals surface area contributed by atoms with Crippen LogP contribution in [0.3, 0.4) is 0 Å². The molecule has 7 heteroatoms. The molecular weight excluding hydrogens is 406 g/mol. The molecule has 0 radical (unpaired) electrons. The summed E-state index contributed by atoms with van der Waals surface area (Å²) < 4.78 is 28.0. The van der Waals surface area contributed by atoms with Gasteiger partial charge in [0.2, 0.25) is 10.0 Å². The third-order valence-electron chi connectivity index (χ3n) is 6.35. The van der Waals surface area contributed by atoms with Crippen molar-refractivity contribution in [3.05, 3.63) is 59.6 Å². The van der Waals surface area contributed by atoms with Gasteiger partial charge in [-0.05, 0) is 67.6 Å². The lowest BCUT2D eigenvalue weighted by molar-refractivity contribution is 0.00693. The molecule has 29 heavy (non-hydrogen) atoms. The molecular formula is C22H28ClN3O2S. The number of nitrogens with one attached hydrogen (secondary N) is 1. The van der Waals surface area contributed by atoms with E-state index in [0.717, 1.165) is 26.1 Å². The molecule has 156 valence electrons. The Labute approximate surface area is 178 Å². The van der Waals surface area contributed by atoms with E-state index in [1.54, 1.807) is 24.3 Å². The highest BCUT2D eigenvalue weighted by Crippen LogP contribution is 2.37. The molecule has 4 atom stereocenters. The number of sulfonamides is 1. The van der Waals surface area contributed by atoms with Crippen molar-refractivity contribution in [3.8, 4) is 0 Å². The molecule has 3 heterocycles. The van der Waals surface area contributed by atoms with Crippen LogP contribution in [0.15, 0.2) is 59.5 Å². The Hall–Kier alpha value is -1.60. The van der Waals surface area contributed by atoms with Crippen LogP contribution < -0.4 is 9.62 Å². The van der Waals surface area contributed by atoms with E-state index in [9.17, 15) is 8.42 Å². The quantitative estimate of drug-likeness (QED) is 0.726. The fourth-order valence-corrected chi connectivity index (χ4v) is 5.91. The van der Waals surface area contributed by atoms with Crippen LogP contribution in [0.25, 0.3) is 0 Å². The van der Waals surface area contributed by atoms with Crippen LogP contribution in [0, 0.1) is 11.8 Å². The topological polar surface area (TPSA) is 52.6 Å². The van der Waals surface area contributed by atoms with Crippen molar-refractivity contribution in [1.29, 1.82) is 0 Å². The molecule has 2 aromatic carbocycles. The van der Waals surface area contributed by atoms with Gasteiger partial charge in [0.05, 0.1) is 4.90 Å². The summed E-state index contributed by atoms with van der Waals surface area (Å²) in [5, 5.41) is 0.533. The lowest BCUT2D eigenvalue weighted by Gasteiger charge is -2.50. The van der Waals surface area contributed by atoms with Crippen molar-refractivity contribution in [2.24, 2.45) is 11.8 Å². The number of hydrogen-bond acceptors (Lipinski definition) is 4. The third kappa shape index (κ3) is 4.77. The van der Waals surface area contributed by atoms with E-state index >= 15 is 0 Å². The summed E-state index contributed by atoms with van der Waals surface area (Å²) >= 11 is 5.87. The molecule has 0 spiro atoms. The van der Waals surface area contributed by atoms with Crippen LogP contribution in [0.5, 0.6) is 0 Å². The second kappa shape index (κ2) is 8.64. The molecule has 0 saturated carbocycles. The van der Waals surface area contributed by atoms with Crippen molar-refractivity contribution in [2.75, 3.05) is 38.1 Å². The molecule has 0 aromatic heterocycles. The first-order valence-corrected chi connectivity index (χ1v) is 12.0. The summed E-state index contributed by atoms with van der Waals surface area (Å²) in [6, 6.07) is 17.1. The van der Waals surface area contributed by atoms with Crippen LogP contribution in [-0.4, -0.2) is 52.6 Å². The van der Waals surface area contributed by atoms with Crippen LogP contribution >= 0.6 is 11.6 Å². The molecule has 2 bridgehead atoms. The zero-order valence-corrected chi connectivity index (χ0v) is 18.2. The maximum Gasteiger partial charge on any atom is 0.240 e. The first-order chi connectivity index (χ1) is 13.9. The minimum Gasteiger partial charge on any atom is -0.374 e. The Kier molecular flexibility index (Phi) is 6.16. The summed E-state index contributed by atoms with van der Waals surface area (Å²) in [6.07, 6.45) is 2.25. The predicted octanol–water partition coefficient (Wildman–Crippen LogP) is 3.47. The van der Waals surface area contributed by atoms with Gasteiger partial charge in [-0.2, -0.15) is 0 Å². The molecule has 3 saturated heterocycles. The van der Waals surface area contributed by atoms with E-state index in [1.807, 2.05) is 6.07 Å². The SMILES string of the molecule is CN(CC1CN2CCC1CC2CNS(=O)(=O)c1ccc(Cl)cc1)c1ccccc1. The van der Waals surface area contributed by atoms with Gasteiger partial charge in [-0.3, -0.25) is 4.90 Å². The van der Waals surface area contributed by atoms with Gasteiger partial charge < -0.3 is 4.90 Å². The fraction of sp³-hybridized carbons (Fsp3) is 0.455. The second-order valence-electron chi connectivity index (χ2n) is 8.22. The van der Waals surface area contributed by atoms with Crippen molar-refractivity contribution in [3.63, 3.8) is 0 Å². The molecule has 4 unspecified atom stereocenters. The van der Waals surface area contributed by atoms with Crippen molar-refractivity contribution in [2.45, 2.75) is 23.8 Å². The summed E-state index contributed by atoms with van der Waals surface area (Å²) in [4.78, 5) is 5.07. The lowest BCUT2D eigenvalue weighted by atomic mass is 9.75. The maximum atomic E-state index is 12.6. The van der Waals surface area contributed by atoms with Crippen molar-refractivity contribution in [1.82, 2.24) is 9.62 Å². The molecule has 0 amide bonds. The van der Waals surface area contributed by atoms with E-state index < -0.39 is 10.0 Å². The van der Waals surface area contributed by atoms with E-state index in [0.29, 0.717) is 23.4 Å². The zero-order valence-electron chi connectivity index (χ0n) is 16.7.